The maximum absolute atomic E-state index is 12.2. The number of nitrogen functional groups attached to an aromatic ring is 1. The third-order valence-electron chi connectivity index (χ3n) is 2.60. The number of hydrogen-bond acceptors (Lipinski definition) is 3. The van der Waals surface area contributed by atoms with Crippen LogP contribution in [0.5, 0.6) is 0 Å². The molecule has 0 aliphatic heterocycles. The Morgan fingerprint density at radius 3 is 2.53 bits per heavy atom. The Morgan fingerprint density at radius 2 is 1.84 bits per heavy atom. The maximum atomic E-state index is 12.2. The van der Waals surface area contributed by atoms with Gasteiger partial charge < -0.3 is 5.73 Å². The van der Waals surface area contributed by atoms with E-state index in [1.165, 1.54) is 12.1 Å². The number of halogens is 1. The quantitative estimate of drug-likeness (QED) is 0.843. The molecule has 19 heavy (non-hydrogen) atoms. The van der Waals surface area contributed by atoms with Crippen molar-refractivity contribution >= 4 is 37.3 Å². The van der Waals surface area contributed by atoms with Crippen molar-refractivity contribution in [3.8, 4) is 0 Å². The summed E-state index contributed by atoms with van der Waals surface area (Å²) in [4.78, 5) is 0.140. The van der Waals surface area contributed by atoms with Crippen molar-refractivity contribution in [1.29, 1.82) is 0 Å². The number of anilines is 2. The van der Waals surface area contributed by atoms with E-state index < -0.39 is 10.0 Å². The van der Waals surface area contributed by atoms with Gasteiger partial charge in [-0.05, 0) is 52.7 Å². The van der Waals surface area contributed by atoms with E-state index in [1.54, 1.807) is 24.3 Å². The second-order valence-corrected chi connectivity index (χ2v) is 6.59. The Bertz CT molecular complexity index is 714. The van der Waals surface area contributed by atoms with Crippen LogP contribution in [0.25, 0.3) is 0 Å². The van der Waals surface area contributed by atoms with Gasteiger partial charge >= 0.3 is 0 Å². The second kappa shape index (κ2) is 5.22. The van der Waals surface area contributed by atoms with Crippen LogP contribution in [0.1, 0.15) is 5.56 Å². The Morgan fingerprint density at radius 1 is 1.16 bits per heavy atom. The molecular formula is C13H13BrN2O2S. The molecule has 0 heterocycles. The van der Waals surface area contributed by atoms with Gasteiger partial charge in [0.25, 0.3) is 10.0 Å². The van der Waals surface area contributed by atoms with Crippen molar-refractivity contribution in [2.45, 2.75) is 11.8 Å². The standard InChI is InChI=1S/C13H13BrN2O2S/c1-9-4-2-7-12(13(9)14)16-19(17,18)11-6-3-5-10(15)8-11/h2-8,16H,15H2,1H3. The Kier molecular flexibility index (Phi) is 3.82. The summed E-state index contributed by atoms with van der Waals surface area (Å²) < 4.78 is 27.7. The predicted octanol–water partition coefficient (Wildman–Crippen LogP) is 3.14. The first-order valence-corrected chi connectivity index (χ1v) is 7.81. The number of benzene rings is 2. The fraction of sp³-hybridized carbons (Fsp3) is 0.0769. The summed E-state index contributed by atoms with van der Waals surface area (Å²) in [5.41, 5.74) is 7.46. The van der Waals surface area contributed by atoms with Crippen LogP contribution < -0.4 is 10.5 Å². The fourth-order valence-electron chi connectivity index (χ4n) is 1.61. The van der Waals surface area contributed by atoms with Gasteiger partial charge in [0.2, 0.25) is 0 Å². The molecule has 2 aromatic carbocycles. The van der Waals surface area contributed by atoms with Crippen molar-refractivity contribution in [2.75, 3.05) is 10.5 Å². The average molecular weight is 341 g/mol. The molecule has 2 rings (SSSR count). The SMILES string of the molecule is Cc1cccc(NS(=O)(=O)c2cccc(N)c2)c1Br. The number of sulfonamides is 1. The van der Waals surface area contributed by atoms with Crippen LogP contribution in [-0.2, 0) is 10.0 Å². The minimum Gasteiger partial charge on any atom is -0.399 e. The molecule has 0 atom stereocenters. The van der Waals surface area contributed by atoms with Gasteiger partial charge in [-0.3, -0.25) is 4.72 Å². The van der Waals surface area contributed by atoms with Gasteiger partial charge in [-0.2, -0.15) is 0 Å². The molecule has 0 spiro atoms. The first kappa shape index (κ1) is 13.9. The molecule has 0 saturated heterocycles. The van der Waals surface area contributed by atoms with Gasteiger partial charge in [0.15, 0.2) is 0 Å². The van der Waals surface area contributed by atoms with Crippen LogP contribution in [0.3, 0.4) is 0 Å². The van der Waals surface area contributed by atoms with Gasteiger partial charge in [0.1, 0.15) is 0 Å². The number of nitrogens with one attached hydrogen (secondary N) is 1. The van der Waals surface area contributed by atoms with Crippen LogP contribution in [0, 0.1) is 6.92 Å². The van der Waals surface area contributed by atoms with E-state index >= 15 is 0 Å². The number of aryl methyl sites for hydroxylation is 1. The summed E-state index contributed by atoms with van der Waals surface area (Å²) in [6.07, 6.45) is 0. The predicted molar refractivity (Wildman–Crippen MR) is 80.5 cm³/mol. The average Bonchev–Trinajstić information content (AvgIpc) is 2.35. The molecule has 4 nitrogen and oxygen atoms in total. The first-order chi connectivity index (χ1) is 8.90. The van der Waals surface area contributed by atoms with Gasteiger partial charge in [0.05, 0.1) is 10.6 Å². The van der Waals surface area contributed by atoms with Crippen molar-refractivity contribution in [3.63, 3.8) is 0 Å². The zero-order valence-electron chi connectivity index (χ0n) is 10.2. The van der Waals surface area contributed by atoms with Crippen molar-refractivity contribution in [3.05, 3.63) is 52.5 Å². The van der Waals surface area contributed by atoms with Crippen molar-refractivity contribution < 1.29 is 8.42 Å². The molecule has 0 amide bonds. The molecule has 2 aromatic rings. The monoisotopic (exact) mass is 340 g/mol. The maximum Gasteiger partial charge on any atom is 0.262 e. The third-order valence-corrected chi connectivity index (χ3v) is 5.02. The highest BCUT2D eigenvalue weighted by atomic mass is 79.9. The second-order valence-electron chi connectivity index (χ2n) is 4.11. The summed E-state index contributed by atoms with van der Waals surface area (Å²) >= 11 is 3.37. The number of rotatable bonds is 3. The topological polar surface area (TPSA) is 72.2 Å². The Balaban J connectivity index is 2.39. The molecule has 6 heteroatoms. The zero-order chi connectivity index (χ0) is 14.0. The normalized spacial score (nSPS) is 11.3. The van der Waals surface area contributed by atoms with E-state index in [2.05, 4.69) is 20.7 Å². The molecule has 0 saturated carbocycles. The summed E-state index contributed by atoms with van der Waals surface area (Å²) in [5, 5.41) is 0. The van der Waals surface area contributed by atoms with E-state index in [1.807, 2.05) is 13.0 Å². The fourth-order valence-corrected chi connectivity index (χ4v) is 3.23. The Labute approximate surface area is 120 Å². The van der Waals surface area contributed by atoms with Crippen molar-refractivity contribution in [2.24, 2.45) is 0 Å². The van der Waals surface area contributed by atoms with Crippen LogP contribution in [0.2, 0.25) is 0 Å². The molecule has 100 valence electrons. The third kappa shape index (κ3) is 3.08. The lowest BCUT2D eigenvalue weighted by molar-refractivity contribution is 0.601. The Hall–Kier alpha value is -1.53. The summed E-state index contributed by atoms with van der Waals surface area (Å²) in [7, 11) is -3.64. The summed E-state index contributed by atoms with van der Waals surface area (Å²) in [5.74, 6) is 0. The number of hydrogen-bond donors (Lipinski definition) is 2. The van der Waals surface area contributed by atoms with Crippen LogP contribution in [0.15, 0.2) is 51.8 Å². The molecule has 0 unspecified atom stereocenters. The lowest BCUT2D eigenvalue weighted by atomic mass is 10.2. The molecule has 0 fully saturated rings. The van der Waals surface area contributed by atoms with Gasteiger partial charge in [-0.1, -0.05) is 18.2 Å². The largest absolute Gasteiger partial charge is 0.399 e. The van der Waals surface area contributed by atoms with Crippen molar-refractivity contribution in [1.82, 2.24) is 0 Å². The van der Waals surface area contributed by atoms with Crippen LogP contribution in [-0.4, -0.2) is 8.42 Å². The van der Waals surface area contributed by atoms with Gasteiger partial charge in [-0.25, -0.2) is 8.42 Å². The number of nitrogens with two attached hydrogens (primary N) is 1. The van der Waals surface area contributed by atoms with E-state index in [0.29, 0.717) is 11.4 Å². The molecule has 0 aliphatic rings. The van der Waals surface area contributed by atoms with E-state index in [0.717, 1.165) is 10.0 Å². The van der Waals surface area contributed by atoms with E-state index in [9.17, 15) is 8.42 Å². The lowest BCUT2D eigenvalue weighted by Crippen LogP contribution is -2.13. The molecule has 0 aromatic heterocycles. The van der Waals surface area contributed by atoms with Gasteiger partial charge in [-0.15, -0.1) is 0 Å². The molecule has 3 N–H and O–H groups in total. The molecule has 0 bridgehead atoms. The van der Waals surface area contributed by atoms with Crippen LogP contribution in [0.4, 0.5) is 11.4 Å². The minimum absolute atomic E-state index is 0.140. The highest BCUT2D eigenvalue weighted by Crippen LogP contribution is 2.28. The van der Waals surface area contributed by atoms with E-state index in [-0.39, 0.29) is 4.90 Å². The molecular weight excluding hydrogens is 328 g/mol. The van der Waals surface area contributed by atoms with E-state index in [4.69, 9.17) is 5.73 Å². The highest BCUT2D eigenvalue weighted by molar-refractivity contribution is 9.10. The summed E-state index contributed by atoms with van der Waals surface area (Å²) in [6.45, 7) is 1.89. The smallest absolute Gasteiger partial charge is 0.262 e. The van der Waals surface area contributed by atoms with Gasteiger partial charge in [0, 0.05) is 10.2 Å². The van der Waals surface area contributed by atoms with Crippen LogP contribution >= 0.6 is 15.9 Å². The minimum atomic E-state index is -3.64. The highest BCUT2D eigenvalue weighted by Gasteiger charge is 2.16. The lowest BCUT2D eigenvalue weighted by Gasteiger charge is -2.11. The molecule has 0 radical (unpaired) electrons. The summed E-state index contributed by atoms with van der Waals surface area (Å²) in [6, 6.07) is 11.5. The first-order valence-electron chi connectivity index (χ1n) is 5.53. The zero-order valence-corrected chi connectivity index (χ0v) is 12.6. The molecule has 0 aliphatic carbocycles.